The van der Waals surface area contributed by atoms with E-state index in [0.717, 1.165) is 0 Å². The van der Waals surface area contributed by atoms with Crippen molar-refractivity contribution in [1.29, 1.82) is 0 Å². The highest BCUT2D eigenvalue weighted by atomic mass is 35.5. The van der Waals surface area contributed by atoms with Crippen molar-refractivity contribution in [2.75, 3.05) is 19.0 Å². The first-order valence-electron chi connectivity index (χ1n) is 5.65. The van der Waals surface area contributed by atoms with Crippen molar-refractivity contribution in [3.63, 3.8) is 0 Å². The first kappa shape index (κ1) is 14.7. The van der Waals surface area contributed by atoms with Gasteiger partial charge in [-0.1, -0.05) is 31.5 Å². The number of para-hydroxylation sites is 1. The number of halogens is 1. The second kappa shape index (κ2) is 6.56. The first-order chi connectivity index (χ1) is 8.47. The Kier molecular flexibility index (Phi) is 5.37. The molecule has 0 saturated heterocycles. The van der Waals surface area contributed by atoms with Gasteiger partial charge in [0.1, 0.15) is 5.69 Å². The molecule has 0 bridgehead atoms. The zero-order valence-electron chi connectivity index (χ0n) is 10.6. The topological polar surface area (TPSA) is 64.4 Å². The molecule has 100 valence electrons. The molecule has 0 radical (unpaired) electrons. The Balaban J connectivity index is 3.04. The molecule has 0 amide bonds. The summed E-state index contributed by atoms with van der Waals surface area (Å²) in [5.41, 5.74) is 0.323. The van der Waals surface area contributed by atoms with E-state index in [1.54, 1.807) is 19.2 Å². The summed E-state index contributed by atoms with van der Waals surface area (Å²) in [6.07, 6.45) is 0. The van der Waals surface area contributed by atoms with Crippen molar-refractivity contribution < 1.29 is 9.66 Å². The third-order valence-corrected chi connectivity index (χ3v) is 2.98. The molecule has 18 heavy (non-hydrogen) atoms. The summed E-state index contributed by atoms with van der Waals surface area (Å²) < 4.78 is 5.10. The van der Waals surface area contributed by atoms with Crippen LogP contribution >= 0.6 is 11.6 Å². The normalized spacial score (nSPS) is 12.5. The van der Waals surface area contributed by atoms with E-state index in [1.807, 2.05) is 13.8 Å². The van der Waals surface area contributed by atoms with Gasteiger partial charge in [0.25, 0.3) is 5.69 Å². The van der Waals surface area contributed by atoms with Gasteiger partial charge in [0.15, 0.2) is 0 Å². The molecule has 0 aliphatic carbocycles. The lowest BCUT2D eigenvalue weighted by atomic mass is 10.0. The number of benzene rings is 1. The number of hydrogen-bond donors (Lipinski definition) is 1. The molecule has 0 aliphatic rings. The van der Waals surface area contributed by atoms with Gasteiger partial charge in [0, 0.05) is 13.2 Å². The second-order valence-corrected chi connectivity index (χ2v) is 4.75. The standard InChI is InChI=1S/C12H17ClN2O3/c1-8(2)10(7-18-3)14-12-9(13)5-4-6-11(12)15(16)17/h4-6,8,10,14H,7H2,1-3H3. The third-order valence-electron chi connectivity index (χ3n) is 2.67. The monoisotopic (exact) mass is 272 g/mol. The van der Waals surface area contributed by atoms with Gasteiger partial charge in [-0.05, 0) is 12.0 Å². The maximum absolute atomic E-state index is 11.0. The highest BCUT2D eigenvalue weighted by Gasteiger charge is 2.21. The number of anilines is 1. The lowest BCUT2D eigenvalue weighted by Crippen LogP contribution is -2.30. The number of hydrogen-bond acceptors (Lipinski definition) is 4. The zero-order chi connectivity index (χ0) is 13.7. The molecule has 0 saturated carbocycles. The van der Waals surface area contributed by atoms with E-state index in [0.29, 0.717) is 17.3 Å². The summed E-state index contributed by atoms with van der Waals surface area (Å²) in [7, 11) is 1.60. The Morgan fingerprint density at radius 3 is 2.67 bits per heavy atom. The van der Waals surface area contributed by atoms with Crippen molar-refractivity contribution in [1.82, 2.24) is 0 Å². The zero-order valence-corrected chi connectivity index (χ0v) is 11.4. The SMILES string of the molecule is COCC(Nc1c(Cl)cccc1[N+](=O)[O-])C(C)C. The van der Waals surface area contributed by atoms with E-state index in [1.165, 1.54) is 6.07 Å². The summed E-state index contributed by atoms with van der Waals surface area (Å²) >= 11 is 6.01. The van der Waals surface area contributed by atoms with Crippen LogP contribution in [0.25, 0.3) is 0 Å². The van der Waals surface area contributed by atoms with Crippen LogP contribution in [0.5, 0.6) is 0 Å². The van der Waals surface area contributed by atoms with Crippen LogP contribution in [0.3, 0.4) is 0 Å². The summed E-state index contributed by atoms with van der Waals surface area (Å²) in [5, 5.41) is 14.4. The Labute approximate surface area is 111 Å². The molecular formula is C12H17ClN2O3. The van der Waals surface area contributed by atoms with Gasteiger partial charge in [0.2, 0.25) is 0 Å². The molecule has 0 spiro atoms. The number of nitrogens with zero attached hydrogens (tertiary/aromatic N) is 1. The average Bonchev–Trinajstić information content (AvgIpc) is 2.30. The highest BCUT2D eigenvalue weighted by Crippen LogP contribution is 2.33. The largest absolute Gasteiger partial charge is 0.383 e. The number of ether oxygens (including phenoxy) is 1. The third kappa shape index (κ3) is 3.58. The van der Waals surface area contributed by atoms with Crippen LogP contribution in [0.4, 0.5) is 11.4 Å². The molecule has 1 rings (SSSR count). The van der Waals surface area contributed by atoms with Crippen molar-refractivity contribution >= 4 is 23.0 Å². The fourth-order valence-electron chi connectivity index (χ4n) is 1.57. The van der Waals surface area contributed by atoms with Crippen molar-refractivity contribution in [2.45, 2.75) is 19.9 Å². The van der Waals surface area contributed by atoms with Gasteiger partial charge in [-0.2, -0.15) is 0 Å². The van der Waals surface area contributed by atoms with Gasteiger partial charge in [-0.15, -0.1) is 0 Å². The predicted molar refractivity (Wildman–Crippen MR) is 72.2 cm³/mol. The van der Waals surface area contributed by atoms with Crippen LogP contribution in [0, 0.1) is 16.0 Å². The summed E-state index contributed by atoms with van der Waals surface area (Å²) in [5.74, 6) is 0.265. The molecular weight excluding hydrogens is 256 g/mol. The van der Waals surface area contributed by atoms with Gasteiger partial charge in [-0.25, -0.2) is 0 Å². The molecule has 1 atom stereocenters. The molecule has 1 aromatic rings. The number of nitrogens with one attached hydrogen (secondary N) is 1. The average molecular weight is 273 g/mol. The van der Waals surface area contributed by atoms with Crippen LogP contribution in [0.2, 0.25) is 5.02 Å². The fraction of sp³-hybridized carbons (Fsp3) is 0.500. The second-order valence-electron chi connectivity index (χ2n) is 4.34. The lowest BCUT2D eigenvalue weighted by Gasteiger charge is -2.23. The summed E-state index contributed by atoms with van der Waals surface area (Å²) in [4.78, 5) is 10.5. The quantitative estimate of drug-likeness (QED) is 0.637. The Morgan fingerprint density at radius 1 is 1.50 bits per heavy atom. The van der Waals surface area contributed by atoms with Gasteiger partial charge < -0.3 is 10.1 Å². The molecule has 0 aromatic heterocycles. The van der Waals surface area contributed by atoms with E-state index < -0.39 is 4.92 Å². The predicted octanol–water partition coefficient (Wildman–Crippen LogP) is 3.33. The van der Waals surface area contributed by atoms with E-state index in [4.69, 9.17) is 16.3 Å². The molecule has 0 fully saturated rings. The first-order valence-corrected chi connectivity index (χ1v) is 6.03. The molecule has 6 heteroatoms. The minimum atomic E-state index is -0.446. The van der Waals surface area contributed by atoms with E-state index in [2.05, 4.69) is 5.32 Å². The Hall–Kier alpha value is -1.33. The molecule has 1 aromatic carbocycles. The number of nitro benzene ring substituents is 1. The molecule has 0 aliphatic heterocycles. The van der Waals surface area contributed by atoms with Gasteiger partial charge in [0.05, 0.1) is 22.6 Å². The van der Waals surface area contributed by atoms with Crippen LogP contribution in [-0.4, -0.2) is 24.7 Å². The van der Waals surface area contributed by atoms with Crippen molar-refractivity contribution in [3.05, 3.63) is 33.3 Å². The van der Waals surface area contributed by atoms with Gasteiger partial charge in [-0.3, -0.25) is 10.1 Å². The Morgan fingerprint density at radius 2 is 2.17 bits per heavy atom. The minimum absolute atomic E-state index is 0.0238. The lowest BCUT2D eigenvalue weighted by molar-refractivity contribution is -0.384. The van der Waals surface area contributed by atoms with Crippen LogP contribution < -0.4 is 5.32 Å². The Bertz CT molecular complexity index is 424. The van der Waals surface area contributed by atoms with Gasteiger partial charge >= 0.3 is 0 Å². The van der Waals surface area contributed by atoms with Crippen LogP contribution in [-0.2, 0) is 4.74 Å². The van der Waals surface area contributed by atoms with Crippen LogP contribution in [0.1, 0.15) is 13.8 Å². The van der Waals surface area contributed by atoms with Crippen LogP contribution in [0.15, 0.2) is 18.2 Å². The van der Waals surface area contributed by atoms with E-state index in [-0.39, 0.29) is 17.6 Å². The van der Waals surface area contributed by atoms with E-state index in [9.17, 15) is 10.1 Å². The number of nitro groups is 1. The maximum Gasteiger partial charge on any atom is 0.293 e. The molecule has 5 nitrogen and oxygen atoms in total. The summed E-state index contributed by atoms with van der Waals surface area (Å²) in [6, 6.07) is 4.58. The minimum Gasteiger partial charge on any atom is -0.383 e. The smallest absolute Gasteiger partial charge is 0.293 e. The molecule has 1 unspecified atom stereocenters. The number of rotatable bonds is 6. The highest BCUT2D eigenvalue weighted by molar-refractivity contribution is 6.33. The molecule has 1 N–H and O–H groups in total. The number of methoxy groups -OCH3 is 1. The maximum atomic E-state index is 11.0. The van der Waals surface area contributed by atoms with Crippen molar-refractivity contribution in [3.8, 4) is 0 Å². The summed E-state index contributed by atoms with van der Waals surface area (Å²) in [6.45, 7) is 4.48. The van der Waals surface area contributed by atoms with Crippen molar-refractivity contribution in [2.24, 2.45) is 5.92 Å². The fourth-order valence-corrected chi connectivity index (χ4v) is 1.80. The molecule has 0 heterocycles. The van der Waals surface area contributed by atoms with E-state index >= 15 is 0 Å².